The van der Waals surface area contributed by atoms with E-state index in [0.717, 1.165) is 56.3 Å². The number of nitrogens with one attached hydrogen (secondary N) is 2. The molecule has 1 aromatic rings. The van der Waals surface area contributed by atoms with E-state index in [1.165, 1.54) is 41.0 Å². The van der Waals surface area contributed by atoms with E-state index in [0.29, 0.717) is 4.88 Å². The van der Waals surface area contributed by atoms with Crippen LogP contribution in [0.15, 0.2) is 6.07 Å². The molecular weight excluding hydrogens is 376 g/mol. The summed E-state index contributed by atoms with van der Waals surface area (Å²) in [4.78, 5) is 38.4. The van der Waals surface area contributed by atoms with Crippen LogP contribution in [0, 0.1) is 17.8 Å². The summed E-state index contributed by atoms with van der Waals surface area (Å²) in [7, 11) is 0. The van der Waals surface area contributed by atoms with E-state index in [1.54, 1.807) is 0 Å². The van der Waals surface area contributed by atoms with E-state index in [-0.39, 0.29) is 5.54 Å². The molecule has 2 N–H and O–H groups in total. The average molecular weight is 403 g/mol. The van der Waals surface area contributed by atoms with Crippen LogP contribution in [0.25, 0.3) is 0 Å². The van der Waals surface area contributed by atoms with Gasteiger partial charge < -0.3 is 10.1 Å². The summed E-state index contributed by atoms with van der Waals surface area (Å²) in [5.74, 6) is 1.08. The second-order valence-corrected chi connectivity index (χ2v) is 10.3. The summed E-state index contributed by atoms with van der Waals surface area (Å²) in [6.07, 6.45) is 10.1. The first-order chi connectivity index (χ1) is 13.5. The molecule has 1 heterocycles. The first-order valence-corrected chi connectivity index (χ1v) is 11.2. The lowest BCUT2D eigenvalue weighted by molar-refractivity contribution is -0.123. The normalized spacial score (nSPS) is 32.1. The molecule has 0 saturated heterocycles. The predicted molar refractivity (Wildman–Crippen MR) is 104 cm³/mol. The molecule has 4 saturated carbocycles. The van der Waals surface area contributed by atoms with E-state index in [1.807, 2.05) is 6.07 Å². The van der Waals surface area contributed by atoms with Crippen LogP contribution >= 0.6 is 11.3 Å². The van der Waals surface area contributed by atoms with Crippen molar-refractivity contribution in [3.05, 3.63) is 21.4 Å². The Balaban J connectivity index is 1.11. The maximum absolute atomic E-state index is 12.4. The van der Waals surface area contributed by atoms with Gasteiger partial charge in [-0.3, -0.25) is 10.1 Å². The van der Waals surface area contributed by atoms with Gasteiger partial charge in [-0.1, -0.05) is 0 Å². The van der Waals surface area contributed by atoms with Crippen molar-refractivity contribution in [1.82, 2.24) is 10.6 Å². The lowest BCUT2D eigenvalue weighted by Crippen LogP contribution is -2.62. The molecule has 7 heteroatoms. The number of carbonyl (C=O) groups is 3. The van der Waals surface area contributed by atoms with Crippen LogP contribution < -0.4 is 10.6 Å². The maximum Gasteiger partial charge on any atom is 0.348 e. The number of esters is 1. The highest BCUT2D eigenvalue weighted by Gasteiger charge is 2.51. The third kappa shape index (κ3) is 3.45. The largest absolute Gasteiger partial charge is 0.451 e. The van der Waals surface area contributed by atoms with Gasteiger partial charge in [0.25, 0.3) is 5.91 Å². The number of carbonyl (C=O) groups excluding carboxylic acids is 3. The van der Waals surface area contributed by atoms with Crippen LogP contribution in [-0.4, -0.2) is 30.1 Å². The minimum Gasteiger partial charge on any atom is -0.451 e. The fraction of sp³-hybridized carbons (Fsp3) is 0.667. The van der Waals surface area contributed by atoms with Gasteiger partial charge in [0.05, 0.1) is 0 Å². The van der Waals surface area contributed by atoms with Crippen LogP contribution in [0.4, 0.5) is 4.79 Å². The Labute approximate surface area is 168 Å². The number of rotatable bonds is 4. The summed E-state index contributed by atoms with van der Waals surface area (Å²) < 4.78 is 5.10. The zero-order valence-corrected chi connectivity index (χ0v) is 16.7. The molecule has 5 aliphatic rings. The van der Waals surface area contributed by atoms with E-state index in [2.05, 4.69) is 10.6 Å². The lowest BCUT2D eigenvalue weighted by atomic mass is 9.53. The molecule has 0 atom stereocenters. The van der Waals surface area contributed by atoms with Gasteiger partial charge in [0.1, 0.15) is 4.88 Å². The third-order valence-corrected chi connectivity index (χ3v) is 8.17. The molecule has 0 radical (unpaired) electrons. The molecule has 1 aromatic heterocycles. The minimum atomic E-state index is -0.584. The van der Waals surface area contributed by atoms with Crippen molar-refractivity contribution in [2.75, 3.05) is 6.61 Å². The molecule has 0 aliphatic heterocycles. The molecule has 5 aliphatic carbocycles. The van der Waals surface area contributed by atoms with Crippen molar-refractivity contribution in [3.63, 3.8) is 0 Å². The van der Waals surface area contributed by atoms with Crippen LogP contribution in [-0.2, 0) is 22.4 Å². The number of amides is 3. The molecule has 6 rings (SSSR count). The van der Waals surface area contributed by atoms with Crippen molar-refractivity contribution in [3.8, 4) is 0 Å². The summed E-state index contributed by atoms with van der Waals surface area (Å²) >= 11 is 1.45. The number of thiophene rings is 1. The van der Waals surface area contributed by atoms with Crippen LogP contribution in [0.3, 0.4) is 0 Å². The van der Waals surface area contributed by atoms with Crippen LogP contribution in [0.2, 0.25) is 0 Å². The fourth-order valence-corrected chi connectivity index (χ4v) is 7.48. The monoisotopic (exact) mass is 402 g/mol. The molecular formula is C21H26N2O4S. The summed E-state index contributed by atoms with van der Waals surface area (Å²) in [6, 6.07) is 1.41. The fourth-order valence-electron chi connectivity index (χ4n) is 6.33. The van der Waals surface area contributed by atoms with Gasteiger partial charge in [-0.15, -0.1) is 11.3 Å². The number of hydrogen-bond acceptors (Lipinski definition) is 5. The first-order valence-electron chi connectivity index (χ1n) is 10.4. The second-order valence-electron chi connectivity index (χ2n) is 9.19. The number of ether oxygens (including phenoxy) is 1. The first kappa shape index (κ1) is 18.2. The van der Waals surface area contributed by atoms with E-state index in [9.17, 15) is 14.4 Å². The van der Waals surface area contributed by atoms with Gasteiger partial charge in [-0.25, -0.2) is 9.59 Å². The molecule has 28 heavy (non-hydrogen) atoms. The Morgan fingerprint density at radius 2 is 1.75 bits per heavy atom. The lowest BCUT2D eigenvalue weighted by Gasteiger charge is -2.56. The van der Waals surface area contributed by atoms with Crippen molar-refractivity contribution in [2.45, 2.75) is 63.3 Å². The Bertz CT molecular complexity index is 774. The van der Waals surface area contributed by atoms with Gasteiger partial charge >= 0.3 is 12.0 Å². The molecule has 4 fully saturated rings. The number of imide groups is 1. The average Bonchev–Trinajstić information content (AvgIpc) is 3.19. The van der Waals surface area contributed by atoms with Gasteiger partial charge in [-0.05, 0) is 87.2 Å². The highest BCUT2D eigenvalue weighted by Crippen LogP contribution is 2.55. The Morgan fingerprint density at radius 1 is 1.07 bits per heavy atom. The van der Waals surface area contributed by atoms with Crippen LogP contribution in [0.1, 0.15) is 65.1 Å². The second kappa shape index (κ2) is 6.87. The number of fused-ring (bicyclic) bond motifs is 1. The number of hydrogen-bond donors (Lipinski definition) is 2. The Hall–Kier alpha value is -1.89. The zero-order chi connectivity index (χ0) is 19.3. The molecule has 4 bridgehead atoms. The van der Waals surface area contributed by atoms with Crippen molar-refractivity contribution >= 4 is 29.2 Å². The number of aryl methyl sites for hydroxylation is 2. The Kier molecular flexibility index (Phi) is 4.45. The molecule has 0 unspecified atom stereocenters. The molecule has 6 nitrogen and oxygen atoms in total. The van der Waals surface area contributed by atoms with Gasteiger partial charge in [0.2, 0.25) is 0 Å². The van der Waals surface area contributed by atoms with Crippen LogP contribution in [0.5, 0.6) is 0 Å². The third-order valence-electron chi connectivity index (χ3n) is 6.95. The van der Waals surface area contributed by atoms with E-state index >= 15 is 0 Å². The summed E-state index contributed by atoms with van der Waals surface area (Å²) in [6.45, 7) is -0.435. The summed E-state index contributed by atoms with van der Waals surface area (Å²) in [5.41, 5.74) is 1.07. The van der Waals surface area contributed by atoms with Crippen molar-refractivity contribution in [2.24, 2.45) is 17.8 Å². The zero-order valence-electron chi connectivity index (χ0n) is 15.9. The van der Waals surface area contributed by atoms with E-state index in [4.69, 9.17) is 4.74 Å². The van der Waals surface area contributed by atoms with Gasteiger partial charge in [0.15, 0.2) is 6.61 Å². The van der Waals surface area contributed by atoms with Gasteiger partial charge in [0, 0.05) is 10.4 Å². The van der Waals surface area contributed by atoms with Crippen molar-refractivity contribution < 1.29 is 19.1 Å². The van der Waals surface area contributed by atoms with E-state index < -0.39 is 24.5 Å². The topological polar surface area (TPSA) is 84.5 Å². The molecule has 150 valence electrons. The molecule has 0 aromatic carbocycles. The van der Waals surface area contributed by atoms with Gasteiger partial charge in [-0.2, -0.15) is 0 Å². The summed E-state index contributed by atoms with van der Waals surface area (Å²) in [5, 5.41) is 5.43. The molecule has 0 spiro atoms. The quantitative estimate of drug-likeness (QED) is 0.758. The number of urea groups is 1. The standard InChI is InChI=1S/C21H26N2O4S/c24-18(11-27-19(25)17-7-15-2-1-3-16(15)28-17)22-20(26)23-21-8-12-4-13(9-21)6-14(5-12)10-21/h7,12-14H,1-6,8-11H2,(H2,22,23,24,26). The highest BCUT2D eigenvalue weighted by atomic mass is 32.1. The SMILES string of the molecule is O=C(COC(=O)c1cc2c(s1)CCC2)NC(=O)NC12CC3CC(CC(C3)C1)C2. The Morgan fingerprint density at radius 3 is 2.39 bits per heavy atom. The smallest absolute Gasteiger partial charge is 0.348 e. The minimum absolute atomic E-state index is 0.146. The maximum atomic E-state index is 12.4. The molecule has 3 amide bonds. The van der Waals surface area contributed by atoms with Crippen molar-refractivity contribution in [1.29, 1.82) is 0 Å². The highest BCUT2D eigenvalue weighted by molar-refractivity contribution is 7.14. The predicted octanol–water partition coefficient (Wildman–Crippen LogP) is 3.19.